The van der Waals surface area contributed by atoms with Crippen LogP contribution >= 0.6 is 0 Å². The number of esters is 1. The molecule has 0 aliphatic rings. The van der Waals surface area contributed by atoms with Crippen molar-refractivity contribution in [1.82, 2.24) is 10.3 Å². The Morgan fingerprint density at radius 1 is 1.59 bits per heavy atom. The Morgan fingerprint density at radius 3 is 2.88 bits per heavy atom. The molecule has 7 heteroatoms. The van der Waals surface area contributed by atoms with Gasteiger partial charge in [0, 0.05) is 12.2 Å². The predicted octanol–water partition coefficient (Wildman–Crippen LogP) is 0.518. The molecule has 96 valence electrons. The van der Waals surface area contributed by atoms with Gasteiger partial charge in [-0.05, 0) is 12.1 Å². The molecule has 0 aliphatic carbocycles. The number of aromatic amines is 1. The molecule has 1 aromatic rings. The molecule has 0 saturated carbocycles. The summed E-state index contributed by atoms with van der Waals surface area (Å²) in [5, 5.41) is 10.8. The van der Waals surface area contributed by atoms with Crippen molar-refractivity contribution < 1.29 is 23.4 Å². The quantitative estimate of drug-likeness (QED) is 0.642. The van der Waals surface area contributed by atoms with Gasteiger partial charge in [-0.2, -0.15) is 0 Å². The Morgan fingerprint density at radius 2 is 2.29 bits per heavy atom. The fourth-order valence-corrected chi connectivity index (χ4v) is 1.21. The molecule has 0 saturated heterocycles. The van der Waals surface area contributed by atoms with Crippen molar-refractivity contribution in [3.63, 3.8) is 0 Å². The highest BCUT2D eigenvalue weighted by molar-refractivity contribution is 5.87. The lowest BCUT2D eigenvalue weighted by Crippen LogP contribution is -2.35. The summed E-state index contributed by atoms with van der Waals surface area (Å²) in [6.07, 6.45) is 0. The number of ether oxygens (including phenoxy) is 1. The smallest absolute Gasteiger partial charge is 0.354 e. The summed E-state index contributed by atoms with van der Waals surface area (Å²) in [7, 11) is 1.25. The second-order valence-corrected chi connectivity index (χ2v) is 3.51. The second kappa shape index (κ2) is 5.74. The van der Waals surface area contributed by atoms with Crippen LogP contribution in [-0.4, -0.2) is 42.2 Å². The van der Waals surface area contributed by atoms with Crippen molar-refractivity contribution in [2.45, 2.75) is 12.5 Å². The summed E-state index contributed by atoms with van der Waals surface area (Å²) in [6, 6.07) is 3.10. The molecule has 0 aromatic carbocycles. The summed E-state index contributed by atoms with van der Waals surface area (Å²) in [5.41, 5.74) is 0.845. The van der Waals surface area contributed by atoms with Gasteiger partial charge in [0.2, 0.25) is 0 Å². The van der Waals surface area contributed by atoms with Gasteiger partial charge in [0.1, 0.15) is 12.3 Å². The summed E-state index contributed by atoms with van der Waals surface area (Å²) < 4.78 is 29.8. The van der Waals surface area contributed by atoms with Crippen molar-refractivity contribution in [3.05, 3.63) is 23.5 Å². The number of aliphatic hydroxyl groups is 1. The topological polar surface area (TPSA) is 74.3 Å². The van der Waals surface area contributed by atoms with Crippen molar-refractivity contribution in [2.75, 3.05) is 20.3 Å². The van der Waals surface area contributed by atoms with Crippen LogP contribution in [0.3, 0.4) is 0 Å². The van der Waals surface area contributed by atoms with Gasteiger partial charge >= 0.3 is 5.97 Å². The van der Waals surface area contributed by atoms with Crippen LogP contribution in [0.4, 0.5) is 8.78 Å². The van der Waals surface area contributed by atoms with E-state index < -0.39 is 25.0 Å². The molecule has 0 amide bonds. The summed E-state index contributed by atoms with van der Waals surface area (Å²) >= 11 is 0. The average Bonchev–Trinajstić information content (AvgIpc) is 2.76. The van der Waals surface area contributed by atoms with E-state index in [0.717, 1.165) is 0 Å². The van der Waals surface area contributed by atoms with Crippen molar-refractivity contribution in [2.24, 2.45) is 0 Å². The van der Waals surface area contributed by atoms with Gasteiger partial charge in [-0.25, -0.2) is 13.6 Å². The lowest BCUT2D eigenvalue weighted by Gasteiger charge is -2.13. The number of aliphatic hydroxyl groups excluding tert-OH is 1. The van der Waals surface area contributed by atoms with Gasteiger partial charge in [-0.15, -0.1) is 0 Å². The number of hydrogen-bond acceptors (Lipinski definition) is 4. The fourth-order valence-electron chi connectivity index (χ4n) is 1.21. The van der Waals surface area contributed by atoms with Crippen LogP contribution in [0.25, 0.3) is 0 Å². The van der Waals surface area contributed by atoms with Crippen molar-refractivity contribution >= 4 is 5.97 Å². The predicted molar refractivity (Wildman–Crippen MR) is 55.9 cm³/mol. The van der Waals surface area contributed by atoms with E-state index in [1.807, 2.05) is 0 Å². The number of H-pyrrole nitrogens is 1. The molecule has 0 atom stereocenters. The number of carbonyl (C=O) groups excluding carboxylic acids is 1. The fraction of sp³-hybridized carbons (Fsp3) is 0.500. The normalized spacial score (nSPS) is 11.5. The number of methoxy groups -OCH3 is 1. The molecule has 0 unspecified atom stereocenters. The highest BCUT2D eigenvalue weighted by atomic mass is 19.3. The van der Waals surface area contributed by atoms with E-state index in [0.29, 0.717) is 5.69 Å². The van der Waals surface area contributed by atoms with Crippen LogP contribution < -0.4 is 5.32 Å². The third-order valence-electron chi connectivity index (χ3n) is 2.08. The first kappa shape index (κ1) is 13.6. The molecular weight excluding hydrogens is 234 g/mol. The van der Waals surface area contributed by atoms with Crippen LogP contribution in [0.15, 0.2) is 12.1 Å². The lowest BCUT2D eigenvalue weighted by molar-refractivity contribution is -0.0478. The third-order valence-corrected chi connectivity index (χ3v) is 2.08. The number of aromatic nitrogens is 1. The minimum Gasteiger partial charge on any atom is -0.464 e. The maximum atomic E-state index is 12.6. The number of carbonyl (C=O) groups is 1. The molecule has 0 radical (unpaired) electrons. The monoisotopic (exact) mass is 248 g/mol. The van der Waals surface area contributed by atoms with E-state index in [1.165, 1.54) is 13.2 Å². The molecular formula is C10H14F2N2O3. The van der Waals surface area contributed by atoms with Crippen molar-refractivity contribution in [1.29, 1.82) is 0 Å². The van der Waals surface area contributed by atoms with Crippen LogP contribution in [0.5, 0.6) is 0 Å². The largest absolute Gasteiger partial charge is 0.464 e. The molecule has 3 N–H and O–H groups in total. The van der Waals surface area contributed by atoms with Gasteiger partial charge in [-0.1, -0.05) is 0 Å². The maximum Gasteiger partial charge on any atom is 0.354 e. The zero-order valence-electron chi connectivity index (χ0n) is 9.30. The summed E-state index contributed by atoms with van der Waals surface area (Å²) in [4.78, 5) is 13.8. The Balaban J connectivity index is 2.43. The van der Waals surface area contributed by atoms with E-state index in [1.54, 1.807) is 6.07 Å². The minimum absolute atomic E-state index is 0.145. The molecule has 17 heavy (non-hydrogen) atoms. The number of halogens is 2. The Bertz CT molecular complexity index is 379. The zero-order chi connectivity index (χ0) is 12.9. The van der Waals surface area contributed by atoms with Gasteiger partial charge in [0.05, 0.1) is 13.7 Å². The Labute approximate surface area is 96.8 Å². The molecule has 0 fully saturated rings. The van der Waals surface area contributed by atoms with Crippen molar-refractivity contribution in [3.8, 4) is 0 Å². The minimum atomic E-state index is -3.14. The van der Waals surface area contributed by atoms with Gasteiger partial charge < -0.3 is 20.1 Å². The number of alkyl halides is 2. The maximum absolute atomic E-state index is 12.6. The highest BCUT2D eigenvalue weighted by Gasteiger charge is 2.26. The van der Waals surface area contributed by atoms with Crippen LogP contribution in [-0.2, 0) is 11.3 Å². The first-order valence-electron chi connectivity index (χ1n) is 4.94. The van der Waals surface area contributed by atoms with E-state index in [4.69, 9.17) is 5.11 Å². The van der Waals surface area contributed by atoms with Crippen LogP contribution in [0.2, 0.25) is 0 Å². The van der Waals surface area contributed by atoms with Crippen LogP contribution in [0.1, 0.15) is 16.2 Å². The van der Waals surface area contributed by atoms with E-state index in [9.17, 15) is 13.6 Å². The second-order valence-electron chi connectivity index (χ2n) is 3.51. The van der Waals surface area contributed by atoms with E-state index in [2.05, 4.69) is 15.0 Å². The first-order chi connectivity index (χ1) is 7.98. The zero-order valence-corrected chi connectivity index (χ0v) is 9.30. The number of hydrogen-bond donors (Lipinski definition) is 3. The van der Waals surface area contributed by atoms with Gasteiger partial charge in [-0.3, -0.25) is 0 Å². The summed E-state index contributed by atoms with van der Waals surface area (Å²) in [6.45, 7) is -1.68. The molecule has 0 bridgehead atoms. The first-order valence-corrected chi connectivity index (χ1v) is 4.94. The Kier molecular flexibility index (Phi) is 4.59. The average molecular weight is 248 g/mol. The Hall–Kier alpha value is -1.47. The van der Waals surface area contributed by atoms with Gasteiger partial charge in [0.15, 0.2) is 0 Å². The van der Waals surface area contributed by atoms with E-state index in [-0.39, 0.29) is 12.2 Å². The van der Waals surface area contributed by atoms with E-state index >= 15 is 0 Å². The number of rotatable bonds is 6. The number of nitrogens with one attached hydrogen (secondary N) is 2. The molecule has 0 aliphatic heterocycles. The molecule has 1 aromatic heterocycles. The third kappa shape index (κ3) is 4.12. The summed E-state index contributed by atoms with van der Waals surface area (Å²) in [5.74, 6) is -3.66. The van der Waals surface area contributed by atoms with Gasteiger partial charge in [0.25, 0.3) is 5.92 Å². The van der Waals surface area contributed by atoms with Crippen LogP contribution in [0, 0.1) is 0 Å². The molecule has 0 spiro atoms. The lowest BCUT2D eigenvalue weighted by atomic mass is 10.3. The SMILES string of the molecule is COC(=O)c1ccc(CNCC(F)(F)CO)[nH]1. The standard InChI is InChI=1S/C10H14F2N2O3/c1-17-9(16)8-3-2-7(14-8)4-13-5-10(11,12)6-15/h2-3,13-15H,4-6H2,1H3. The molecule has 5 nitrogen and oxygen atoms in total. The molecule has 1 heterocycles. The highest BCUT2D eigenvalue weighted by Crippen LogP contribution is 2.10. The molecule has 1 rings (SSSR count).